The van der Waals surface area contributed by atoms with Gasteiger partial charge in [-0.1, -0.05) is 38.0 Å². The molecule has 0 unspecified atom stereocenters. The number of hydrogen-bond acceptors (Lipinski definition) is 6. The molecule has 4 amide bonds. The van der Waals surface area contributed by atoms with E-state index in [2.05, 4.69) is 20.8 Å². The molecule has 2 aliphatic rings. The number of urea groups is 1. The van der Waals surface area contributed by atoms with Crippen molar-refractivity contribution in [3.05, 3.63) is 5.01 Å². The summed E-state index contributed by atoms with van der Waals surface area (Å²) >= 11 is 1.28. The van der Waals surface area contributed by atoms with Gasteiger partial charge in [0.2, 0.25) is 11.0 Å². The Balaban J connectivity index is 1.67. The van der Waals surface area contributed by atoms with Gasteiger partial charge in [0, 0.05) is 0 Å². The molecule has 24 heavy (non-hydrogen) atoms. The first-order chi connectivity index (χ1) is 11.5. The van der Waals surface area contributed by atoms with Gasteiger partial charge in [0.05, 0.1) is 0 Å². The number of carbonyl (C=O) groups is 3. The zero-order chi connectivity index (χ0) is 17.3. The van der Waals surface area contributed by atoms with Gasteiger partial charge >= 0.3 is 6.03 Å². The standard InChI is InChI=1S/C15H21N5O3S/c1-3-11-18-19-13(24-11)16-10(21)8-20-12(22)15(17-14(20)23)7-5-4-6-9(15)2/h9H,3-8H2,1-2H3,(H,17,23)(H,16,19,21)/t9-,15+/m0/s1. The van der Waals surface area contributed by atoms with E-state index in [1.165, 1.54) is 11.3 Å². The van der Waals surface area contributed by atoms with Crippen LogP contribution < -0.4 is 10.6 Å². The minimum Gasteiger partial charge on any atom is -0.323 e. The molecule has 2 fully saturated rings. The highest BCUT2D eigenvalue weighted by Gasteiger charge is 2.55. The summed E-state index contributed by atoms with van der Waals surface area (Å²) in [5.74, 6) is -0.662. The van der Waals surface area contributed by atoms with Crippen LogP contribution in [0.15, 0.2) is 0 Å². The van der Waals surface area contributed by atoms with Gasteiger partial charge < -0.3 is 5.32 Å². The Morgan fingerprint density at radius 3 is 2.88 bits per heavy atom. The van der Waals surface area contributed by atoms with Crippen LogP contribution in [0.25, 0.3) is 0 Å². The van der Waals surface area contributed by atoms with Crippen molar-refractivity contribution in [1.29, 1.82) is 0 Å². The Hall–Kier alpha value is -2.03. The fraction of sp³-hybridized carbons (Fsp3) is 0.667. The smallest absolute Gasteiger partial charge is 0.323 e. The van der Waals surface area contributed by atoms with Gasteiger partial charge in [0.25, 0.3) is 5.91 Å². The van der Waals surface area contributed by atoms with E-state index in [0.29, 0.717) is 11.6 Å². The lowest BCUT2D eigenvalue weighted by Crippen LogP contribution is -2.54. The maximum Gasteiger partial charge on any atom is 0.325 e. The van der Waals surface area contributed by atoms with Crippen molar-refractivity contribution in [3.8, 4) is 0 Å². The number of nitrogens with zero attached hydrogens (tertiary/aromatic N) is 3. The highest BCUT2D eigenvalue weighted by molar-refractivity contribution is 7.15. The molecule has 2 N–H and O–H groups in total. The van der Waals surface area contributed by atoms with Gasteiger partial charge in [-0.2, -0.15) is 0 Å². The fourth-order valence-electron chi connectivity index (χ4n) is 3.39. The molecule has 2 heterocycles. The number of anilines is 1. The van der Waals surface area contributed by atoms with E-state index in [1.807, 2.05) is 13.8 Å². The third-order valence-electron chi connectivity index (χ3n) is 4.82. The van der Waals surface area contributed by atoms with Crippen LogP contribution in [0.5, 0.6) is 0 Å². The quantitative estimate of drug-likeness (QED) is 0.801. The van der Waals surface area contributed by atoms with Crippen molar-refractivity contribution >= 4 is 34.3 Å². The van der Waals surface area contributed by atoms with Gasteiger partial charge in [-0.15, -0.1) is 10.2 Å². The van der Waals surface area contributed by atoms with E-state index in [1.54, 1.807) is 0 Å². The van der Waals surface area contributed by atoms with E-state index in [0.717, 1.165) is 35.6 Å². The third kappa shape index (κ3) is 2.88. The third-order valence-corrected chi connectivity index (χ3v) is 5.80. The van der Waals surface area contributed by atoms with Gasteiger partial charge in [-0.05, 0) is 25.2 Å². The van der Waals surface area contributed by atoms with E-state index in [-0.39, 0.29) is 18.4 Å². The molecule has 8 nitrogen and oxygen atoms in total. The van der Waals surface area contributed by atoms with Crippen molar-refractivity contribution < 1.29 is 14.4 Å². The van der Waals surface area contributed by atoms with Crippen LogP contribution in [0.4, 0.5) is 9.93 Å². The minimum absolute atomic E-state index is 0.0750. The predicted molar refractivity (Wildman–Crippen MR) is 88.5 cm³/mol. The molecule has 1 aromatic heterocycles. The average Bonchev–Trinajstić information content (AvgIpc) is 3.09. The molecule has 1 aliphatic heterocycles. The molecule has 1 saturated heterocycles. The lowest BCUT2D eigenvalue weighted by molar-refractivity contribution is -0.136. The summed E-state index contributed by atoms with van der Waals surface area (Å²) in [6, 6.07) is -0.490. The molecule has 1 aromatic rings. The first kappa shape index (κ1) is 16.8. The van der Waals surface area contributed by atoms with Gasteiger partial charge in [0.15, 0.2) is 0 Å². The van der Waals surface area contributed by atoms with Gasteiger partial charge in [-0.3, -0.25) is 19.8 Å². The highest BCUT2D eigenvalue weighted by atomic mass is 32.1. The second kappa shape index (κ2) is 6.46. The summed E-state index contributed by atoms with van der Waals surface area (Å²) < 4.78 is 0. The molecule has 0 radical (unpaired) electrons. The van der Waals surface area contributed by atoms with Crippen LogP contribution in [0.1, 0.15) is 44.5 Å². The second-order valence-corrected chi connectivity index (χ2v) is 7.40. The van der Waals surface area contributed by atoms with Gasteiger partial charge in [0.1, 0.15) is 17.1 Å². The van der Waals surface area contributed by atoms with Crippen LogP contribution in [0, 0.1) is 5.92 Å². The van der Waals surface area contributed by atoms with Crippen LogP contribution in [-0.4, -0.2) is 45.0 Å². The largest absolute Gasteiger partial charge is 0.325 e. The van der Waals surface area contributed by atoms with Crippen molar-refractivity contribution in [3.63, 3.8) is 0 Å². The molecule has 1 aliphatic carbocycles. The summed E-state index contributed by atoms with van der Waals surface area (Å²) in [6.07, 6.45) is 4.23. The topological polar surface area (TPSA) is 104 Å². The zero-order valence-corrected chi connectivity index (χ0v) is 14.6. The summed E-state index contributed by atoms with van der Waals surface area (Å²) in [5.41, 5.74) is -0.840. The lowest BCUT2D eigenvalue weighted by atomic mass is 9.73. The number of rotatable bonds is 4. The number of nitrogens with one attached hydrogen (secondary N) is 2. The van der Waals surface area contributed by atoms with Crippen molar-refractivity contribution in [1.82, 2.24) is 20.4 Å². The number of hydrogen-bond donors (Lipinski definition) is 2. The van der Waals surface area contributed by atoms with Crippen LogP contribution in [0.2, 0.25) is 0 Å². The first-order valence-electron chi connectivity index (χ1n) is 8.22. The predicted octanol–water partition coefficient (Wildman–Crippen LogP) is 1.54. The first-order valence-corrected chi connectivity index (χ1v) is 9.04. The Morgan fingerprint density at radius 2 is 2.21 bits per heavy atom. The van der Waals surface area contributed by atoms with Crippen molar-refractivity contribution in [2.24, 2.45) is 5.92 Å². The van der Waals surface area contributed by atoms with Crippen LogP contribution in [0.3, 0.4) is 0 Å². The Morgan fingerprint density at radius 1 is 1.42 bits per heavy atom. The number of imide groups is 1. The molecule has 1 spiro atoms. The van der Waals surface area contributed by atoms with E-state index < -0.39 is 17.5 Å². The summed E-state index contributed by atoms with van der Waals surface area (Å²) in [4.78, 5) is 38.2. The lowest BCUT2D eigenvalue weighted by Gasteiger charge is -2.36. The maximum absolute atomic E-state index is 12.8. The molecule has 3 rings (SSSR count). The number of aryl methyl sites for hydroxylation is 1. The summed E-state index contributed by atoms with van der Waals surface area (Å²) in [6.45, 7) is 3.62. The highest BCUT2D eigenvalue weighted by Crippen LogP contribution is 2.38. The fourth-order valence-corrected chi connectivity index (χ4v) is 4.08. The molecule has 0 aromatic carbocycles. The number of aromatic nitrogens is 2. The van der Waals surface area contributed by atoms with Crippen LogP contribution >= 0.6 is 11.3 Å². The van der Waals surface area contributed by atoms with Crippen molar-refractivity contribution in [2.45, 2.75) is 51.5 Å². The molecule has 0 bridgehead atoms. The van der Waals surface area contributed by atoms with Crippen molar-refractivity contribution in [2.75, 3.05) is 11.9 Å². The molecule has 9 heteroatoms. The molecule has 1 saturated carbocycles. The SMILES string of the molecule is CCc1nnc(NC(=O)CN2C(=O)N[C@@]3(CCCC[C@@H]3C)C2=O)s1. The maximum atomic E-state index is 12.8. The molecular formula is C15H21N5O3S. The second-order valence-electron chi connectivity index (χ2n) is 6.34. The monoisotopic (exact) mass is 351 g/mol. The molecular weight excluding hydrogens is 330 g/mol. The zero-order valence-electron chi connectivity index (χ0n) is 13.8. The van der Waals surface area contributed by atoms with Crippen LogP contribution in [-0.2, 0) is 16.0 Å². The van der Waals surface area contributed by atoms with Gasteiger partial charge in [-0.25, -0.2) is 4.79 Å². The summed E-state index contributed by atoms with van der Waals surface area (Å²) in [7, 11) is 0. The summed E-state index contributed by atoms with van der Waals surface area (Å²) in [5, 5.41) is 14.4. The van der Waals surface area contributed by atoms with E-state index in [9.17, 15) is 14.4 Å². The van der Waals surface area contributed by atoms with E-state index >= 15 is 0 Å². The number of carbonyl (C=O) groups excluding carboxylic acids is 3. The Bertz CT molecular complexity index is 676. The Kier molecular flexibility index (Phi) is 4.53. The molecule has 2 atom stereocenters. The average molecular weight is 351 g/mol. The Labute approximate surface area is 144 Å². The number of amides is 4. The minimum atomic E-state index is -0.840. The van der Waals surface area contributed by atoms with E-state index in [4.69, 9.17) is 0 Å². The molecule has 130 valence electrons. The normalized spacial score (nSPS) is 26.8.